The van der Waals surface area contributed by atoms with E-state index in [0.717, 1.165) is 18.1 Å². The standard InChI is InChI=1S/C25H29NOS/c1-16-9-14-20-22(15-16)28-25-24(20)23(17-10-12-18(27-2)13-11-17)19-7-5-3-4-6-8-21(19)26-25/h10-13,16H,3-9,14-15H2,1-2H3. The fourth-order valence-corrected chi connectivity index (χ4v) is 6.47. The maximum absolute atomic E-state index is 5.42. The quantitative estimate of drug-likeness (QED) is 0.482. The molecule has 146 valence electrons. The zero-order valence-electron chi connectivity index (χ0n) is 17.0. The van der Waals surface area contributed by atoms with Crippen LogP contribution in [0.1, 0.15) is 60.7 Å². The zero-order valence-corrected chi connectivity index (χ0v) is 17.8. The van der Waals surface area contributed by atoms with Gasteiger partial charge in [-0.3, -0.25) is 0 Å². The molecule has 3 aromatic rings. The van der Waals surface area contributed by atoms with Crippen molar-refractivity contribution in [2.75, 3.05) is 7.11 Å². The summed E-state index contributed by atoms with van der Waals surface area (Å²) in [6.45, 7) is 2.39. The molecule has 0 fully saturated rings. The Balaban J connectivity index is 1.78. The van der Waals surface area contributed by atoms with E-state index in [2.05, 4.69) is 31.2 Å². The maximum Gasteiger partial charge on any atom is 0.124 e. The van der Waals surface area contributed by atoms with E-state index < -0.39 is 0 Å². The minimum atomic E-state index is 0.797. The lowest BCUT2D eigenvalue weighted by Gasteiger charge is -2.21. The molecule has 1 unspecified atom stereocenters. The van der Waals surface area contributed by atoms with Crippen LogP contribution in [0.4, 0.5) is 0 Å². The predicted molar refractivity (Wildman–Crippen MR) is 119 cm³/mol. The van der Waals surface area contributed by atoms with E-state index in [9.17, 15) is 0 Å². The molecular formula is C25H29NOS. The Labute approximate surface area is 172 Å². The average Bonchev–Trinajstić information content (AvgIpc) is 3.04. The summed E-state index contributed by atoms with van der Waals surface area (Å²) in [5.41, 5.74) is 7.31. The SMILES string of the molecule is COc1ccc(-c2c3c(nc4sc5c(c24)CCC(C)C5)CCCCCC3)cc1. The number of methoxy groups -OCH3 is 1. The van der Waals surface area contributed by atoms with E-state index in [1.165, 1.54) is 84.0 Å². The van der Waals surface area contributed by atoms with E-state index in [1.807, 2.05) is 11.3 Å². The summed E-state index contributed by atoms with van der Waals surface area (Å²) < 4.78 is 5.42. The van der Waals surface area contributed by atoms with E-state index in [0.29, 0.717) is 0 Å². The minimum absolute atomic E-state index is 0.797. The van der Waals surface area contributed by atoms with Crippen molar-refractivity contribution < 1.29 is 4.74 Å². The van der Waals surface area contributed by atoms with Crippen molar-refractivity contribution in [1.82, 2.24) is 4.98 Å². The lowest BCUT2D eigenvalue weighted by molar-refractivity contribution is 0.415. The van der Waals surface area contributed by atoms with Gasteiger partial charge in [-0.05, 0) is 85.3 Å². The number of aromatic nitrogens is 1. The summed E-state index contributed by atoms with van der Waals surface area (Å²) in [7, 11) is 1.74. The number of hydrogen-bond acceptors (Lipinski definition) is 3. The number of thiophene rings is 1. The van der Waals surface area contributed by atoms with E-state index >= 15 is 0 Å². The molecule has 0 saturated carbocycles. The van der Waals surface area contributed by atoms with E-state index in [-0.39, 0.29) is 0 Å². The van der Waals surface area contributed by atoms with Crippen molar-refractivity contribution in [3.63, 3.8) is 0 Å². The third kappa shape index (κ3) is 3.14. The van der Waals surface area contributed by atoms with Crippen LogP contribution in [-0.4, -0.2) is 12.1 Å². The molecule has 0 aliphatic heterocycles. The van der Waals surface area contributed by atoms with Gasteiger partial charge in [-0.25, -0.2) is 4.98 Å². The molecule has 0 spiro atoms. The number of hydrogen-bond donors (Lipinski definition) is 0. The lowest BCUT2D eigenvalue weighted by Crippen LogP contribution is -2.09. The molecule has 0 saturated heterocycles. The molecule has 2 aliphatic rings. The molecule has 2 nitrogen and oxygen atoms in total. The van der Waals surface area contributed by atoms with Crippen LogP contribution < -0.4 is 4.74 Å². The van der Waals surface area contributed by atoms with Gasteiger partial charge in [-0.2, -0.15) is 0 Å². The first-order chi connectivity index (χ1) is 13.7. The van der Waals surface area contributed by atoms with Crippen LogP contribution in [0, 0.1) is 5.92 Å². The molecule has 0 radical (unpaired) electrons. The highest BCUT2D eigenvalue weighted by atomic mass is 32.1. The second-order valence-electron chi connectivity index (χ2n) is 8.59. The largest absolute Gasteiger partial charge is 0.497 e. The Morgan fingerprint density at radius 3 is 2.54 bits per heavy atom. The van der Waals surface area contributed by atoms with Crippen molar-refractivity contribution in [2.24, 2.45) is 5.92 Å². The molecule has 0 N–H and O–H groups in total. The van der Waals surface area contributed by atoms with Crippen LogP contribution in [0.25, 0.3) is 21.3 Å². The second kappa shape index (κ2) is 7.51. The Hall–Kier alpha value is -1.87. The molecule has 1 atom stereocenters. The van der Waals surface area contributed by atoms with Crippen molar-refractivity contribution in [1.29, 1.82) is 0 Å². The van der Waals surface area contributed by atoms with Crippen molar-refractivity contribution >= 4 is 21.6 Å². The van der Waals surface area contributed by atoms with E-state index in [1.54, 1.807) is 17.6 Å². The van der Waals surface area contributed by atoms with Gasteiger partial charge in [0, 0.05) is 16.0 Å². The van der Waals surface area contributed by atoms with Crippen LogP contribution >= 0.6 is 11.3 Å². The average molecular weight is 392 g/mol. The van der Waals surface area contributed by atoms with Gasteiger partial charge in [0.05, 0.1) is 7.11 Å². The second-order valence-corrected chi connectivity index (χ2v) is 9.67. The maximum atomic E-state index is 5.42. The summed E-state index contributed by atoms with van der Waals surface area (Å²) in [5.74, 6) is 1.73. The lowest BCUT2D eigenvalue weighted by atomic mass is 9.84. The molecular weight excluding hydrogens is 362 g/mol. The molecule has 5 rings (SSSR count). The third-order valence-corrected chi connectivity index (χ3v) is 7.75. The van der Waals surface area contributed by atoms with Crippen LogP contribution in [0.2, 0.25) is 0 Å². The topological polar surface area (TPSA) is 22.1 Å². The summed E-state index contributed by atoms with van der Waals surface area (Å²) in [4.78, 5) is 8.13. The number of pyridine rings is 1. The van der Waals surface area contributed by atoms with Crippen LogP contribution in [0.3, 0.4) is 0 Å². The molecule has 1 aromatic carbocycles. The van der Waals surface area contributed by atoms with E-state index in [4.69, 9.17) is 9.72 Å². The Bertz CT molecular complexity index is 1000. The van der Waals surface area contributed by atoms with Crippen molar-refractivity contribution in [3.8, 4) is 16.9 Å². The highest BCUT2D eigenvalue weighted by Gasteiger charge is 2.26. The van der Waals surface area contributed by atoms with Gasteiger partial charge in [0.1, 0.15) is 10.6 Å². The van der Waals surface area contributed by atoms with Gasteiger partial charge in [0.25, 0.3) is 0 Å². The fourth-order valence-electron chi connectivity index (χ4n) is 5.06. The first-order valence-electron chi connectivity index (χ1n) is 10.8. The molecule has 3 heteroatoms. The van der Waals surface area contributed by atoms with Gasteiger partial charge < -0.3 is 4.74 Å². The Morgan fingerprint density at radius 2 is 1.75 bits per heavy atom. The molecule has 2 aromatic heterocycles. The van der Waals surface area contributed by atoms with Gasteiger partial charge >= 0.3 is 0 Å². The molecule has 2 aliphatic carbocycles. The summed E-state index contributed by atoms with van der Waals surface area (Å²) in [6, 6.07) is 8.72. The smallest absolute Gasteiger partial charge is 0.124 e. The zero-order chi connectivity index (χ0) is 19.1. The van der Waals surface area contributed by atoms with Gasteiger partial charge in [0.2, 0.25) is 0 Å². The summed E-state index contributed by atoms with van der Waals surface area (Å²) >= 11 is 1.97. The fraction of sp³-hybridized carbons (Fsp3) is 0.480. The molecule has 28 heavy (non-hydrogen) atoms. The predicted octanol–water partition coefficient (Wildman–Crippen LogP) is 6.76. The highest BCUT2D eigenvalue weighted by Crippen LogP contribution is 2.45. The third-order valence-electron chi connectivity index (χ3n) is 6.60. The van der Waals surface area contributed by atoms with Crippen LogP contribution in [-0.2, 0) is 25.7 Å². The normalized spacial score (nSPS) is 19.6. The highest BCUT2D eigenvalue weighted by molar-refractivity contribution is 7.19. The number of fused-ring (bicyclic) bond motifs is 4. The monoisotopic (exact) mass is 391 g/mol. The number of rotatable bonds is 2. The molecule has 0 bridgehead atoms. The summed E-state index contributed by atoms with van der Waals surface area (Å²) in [6.07, 6.45) is 11.3. The number of nitrogens with zero attached hydrogens (tertiary/aromatic N) is 1. The number of ether oxygens (including phenoxy) is 1. The van der Waals surface area contributed by atoms with Gasteiger partial charge in [-0.1, -0.05) is 31.9 Å². The molecule has 0 amide bonds. The van der Waals surface area contributed by atoms with Crippen molar-refractivity contribution in [3.05, 3.63) is 46.0 Å². The molecule has 2 heterocycles. The summed E-state index contributed by atoms with van der Waals surface area (Å²) in [5, 5.41) is 1.47. The van der Waals surface area contributed by atoms with Crippen LogP contribution in [0.15, 0.2) is 24.3 Å². The van der Waals surface area contributed by atoms with Gasteiger partial charge in [-0.15, -0.1) is 11.3 Å². The Morgan fingerprint density at radius 1 is 0.964 bits per heavy atom. The Kier molecular flexibility index (Phi) is 4.88. The number of benzene rings is 1. The first-order valence-corrected chi connectivity index (χ1v) is 11.7. The number of aryl methyl sites for hydroxylation is 2. The van der Waals surface area contributed by atoms with Gasteiger partial charge in [0.15, 0.2) is 0 Å². The van der Waals surface area contributed by atoms with Crippen molar-refractivity contribution in [2.45, 2.75) is 64.7 Å². The van der Waals surface area contributed by atoms with Crippen LogP contribution in [0.5, 0.6) is 5.75 Å². The minimum Gasteiger partial charge on any atom is -0.497 e. The first kappa shape index (κ1) is 18.2.